The van der Waals surface area contributed by atoms with E-state index >= 15 is 0 Å². The second-order valence-corrected chi connectivity index (χ2v) is 7.05. The Kier molecular flexibility index (Phi) is 6.66. The first-order valence-corrected chi connectivity index (χ1v) is 9.61. The van der Waals surface area contributed by atoms with E-state index in [2.05, 4.69) is 15.5 Å². The molecular weight excluding hydrogens is 375 g/mol. The predicted octanol–water partition coefficient (Wildman–Crippen LogP) is 2.77. The zero-order valence-corrected chi connectivity index (χ0v) is 16.0. The van der Waals surface area contributed by atoms with E-state index in [4.69, 9.17) is 5.73 Å². The van der Waals surface area contributed by atoms with Gasteiger partial charge in [0.15, 0.2) is 0 Å². The van der Waals surface area contributed by atoms with Gasteiger partial charge < -0.3 is 26.4 Å². The number of urea groups is 1. The fraction of sp³-hybridized carbons (Fsp3) is 0.333. The SMILES string of the molecule is NC(=O)c1ccc(N2CCCCC2)c(NC(=O)NCC(O)c2ccc(F)cc2)c1. The van der Waals surface area contributed by atoms with Crippen molar-refractivity contribution in [2.75, 3.05) is 29.9 Å². The van der Waals surface area contributed by atoms with Gasteiger partial charge in [-0.25, -0.2) is 9.18 Å². The number of nitrogens with two attached hydrogens (primary N) is 1. The number of piperidine rings is 1. The van der Waals surface area contributed by atoms with Crippen molar-refractivity contribution in [1.29, 1.82) is 0 Å². The van der Waals surface area contributed by atoms with Gasteiger partial charge in [0.2, 0.25) is 5.91 Å². The number of amides is 3. The highest BCUT2D eigenvalue weighted by Crippen LogP contribution is 2.29. The highest BCUT2D eigenvalue weighted by Gasteiger charge is 2.18. The molecule has 1 heterocycles. The van der Waals surface area contributed by atoms with Crippen molar-refractivity contribution in [2.24, 2.45) is 5.73 Å². The molecule has 0 aliphatic carbocycles. The Morgan fingerprint density at radius 1 is 1.10 bits per heavy atom. The van der Waals surface area contributed by atoms with Crippen molar-refractivity contribution in [3.05, 3.63) is 59.4 Å². The Labute approximate surface area is 168 Å². The molecule has 0 aromatic heterocycles. The molecule has 29 heavy (non-hydrogen) atoms. The zero-order valence-electron chi connectivity index (χ0n) is 16.0. The number of primary amides is 1. The van der Waals surface area contributed by atoms with E-state index in [1.807, 2.05) is 0 Å². The third kappa shape index (κ3) is 5.45. The van der Waals surface area contributed by atoms with Gasteiger partial charge >= 0.3 is 6.03 Å². The number of rotatable bonds is 6. The molecule has 2 aromatic rings. The Balaban J connectivity index is 1.68. The standard InChI is InChI=1S/C21H25FN4O3/c22-16-7-4-14(5-8-16)19(27)13-24-21(29)25-17-12-15(20(23)28)6-9-18(17)26-10-2-1-3-11-26/h4-9,12,19,27H,1-3,10-11,13H2,(H2,23,28)(H2,24,25,29). The minimum Gasteiger partial charge on any atom is -0.387 e. The van der Waals surface area contributed by atoms with Crippen LogP contribution in [0.1, 0.15) is 41.3 Å². The Bertz CT molecular complexity index is 867. The van der Waals surface area contributed by atoms with Gasteiger partial charge in [-0.05, 0) is 55.2 Å². The van der Waals surface area contributed by atoms with Gasteiger partial charge in [-0.3, -0.25) is 4.79 Å². The average molecular weight is 400 g/mol. The van der Waals surface area contributed by atoms with Crippen LogP contribution in [0.25, 0.3) is 0 Å². The third-order valence-corrected chi connectivity index (χ3v) is 4.94. The van der Waals surface area contributed by atoms with Crippen LogP contribution in [0.4, 0.5) is 20.6 Å². The Hall–Kier alpha value is -3.13. The molecule has 8 heteroatoms. The van der Waals surface area contributed by atoms with Gasteiger partial charge in [-0.15, -0.1) is 0 Å². The van der Waals surface area contributed by atoms with Crippen molar-refractivity contribution in [1.82, 2.24) is 5.32 Å². The molecule has 3 amide bonds. The number of anilines is 2. The van der Waals surface area contributed by atoms with Gasteiger partial charge in [0, 0.05) is 25.2 Å². The summed E-state index contributed by atoms with van der Waals surface area (Å²) in [5.41, 5.74) is 7.48. The van der Waals surface area contributed by atoms with Gasteiger partial charge in [-0.2, -0.15) is 0 Å². The van der Waals surface area contributed by atoms with Gasteiger partial charge in [0.25, 0.3) is 0 Å². The third-order valence-electron chi connectivity index (χ3n) is 4.94. The van der Waals surface area contributed by atoms with Crippen molar-refractivity contribution >= 4 is 23.3 Å². The van der Waals surface area contributed by atoms with Gasteiger partial charge in [-0.1, -0.05) is 12.1 Å². The number of carbonyl (C=O) groups excluding carboxylic acids is 2. The number of nitrogens with zero attached hydrogens (tertiary/aromatic N) is 1. The molecule has 0 saturated carbocycles. The van der Waals surface area contributed by atoms with E-state index in [1.54, 1.807) is 18.2 Å². The summed E-state index contributed by atoms with van der Waals surface area (Å²) >= 11 is 0. The fourth-order valence-corrected chi connectivity index (χ4v) is 3.36. The van der Waals surface area contributed by atoms with E-state index in [9.17, 15) is 19.1 Å². The molecule has 1 unspecified atom stereocenters. The first-order chi connectivity index (χ1) is 13.9. The van der Waals surface area contributed by atoms with E-state index in [0.717, 1.165) is 31.6 Å². The van der Waals surface area contributed by atoms with Crippen LogP contribution < -0.4 is 21.3 Å². The number of aliphatic hydroxyl groups excluding tert-OH is 1. The van der Waals surface area contributed by atoms with Crippen LogP contribution in [-0.2, 0) is 0 Å². The molecule has 2 aromatic carbocycles. The van der Waals surface area contributed by atoms with Crippen LogP contribution in [0.15, 0.2) is 42.5 Å². The number of aliphatic hydroxyl groups is 1. The predicted molar refractivity (Wildman–Crippen MR) is 109 cm³/mol. The number of nitrogens with one attached hydrogen (secondary N) is 2. The topological polar surface area (TPSA) is 108 Å². The lowest BCUT2D eigenvalue weighted by molar-refractivity contribution is 0.1000. The van der Waals surface area contributed by atoms with E-state index in [-0.39, 0.29) is 6.54 Å². The summed E-state index contributed by atoms with van der Waals surface area (Å²) < 4.78 is 13.0. The molecule has 7 nitrogen and oxygen atoms in total. The first kappa shape index (κ1) is 20.6. The lowest BCUT2D eigenvalue weighted by atomic mass is 10.1. The zero-order chi connectivity index (χ0) is 20.8. The normalized spacial score (nSPS) is 14.9. The highest BCUT2D eigenvalue weighted by molar-refractivity contribution is 5.98. The number of carbonyl (C=O) groups is 2. The maximum Gasteiger partial charge on any atom is 0.319 e. The summed E-state index contributed by atoms with van der Waals surface area (Å²) in [4.78, 5) is 26.1. The summed E-state index contributed by atoms with van der Waals surface area (Å²) in [6.45, 7) is 1.69. The van der Waals surface area contributed by atoms with Crippen LogP contribution >= 0.6 is 0 Å². The van der Waals surface area contributed by atoms with Crippen LogP contribution in [0.5, 0.6) is 0 Å². The smallest absolute Gasteiger partial charge is 0.319 e. The molecule has 154 valence electrons. The van der Waals surface area contributed by atoms with E-state index in [1.165, 1.54) is 30.7 Å². The summed E-state index contributed by atoms with van der Waals surface area (Å²) in [6, 6.07) is 9.89. The molecule has 0 spiro atoms. The van der Waals surface area contributed by atoms with Crippen LogP contribution in [0.3, 0.4) is 0 Å². The number of hydrogen-bond donors (Lipinski definition) is 4. The van der Waals surface area contributed by atoms with E-state index < -0.39 is 23.9 Å². The average Bonchev–Trinajstić information content (AvgIpc) is 2.73. The number of hydrogen-bond acceptors (Lipinski definition) is 4. The second-order valence-electron chi connectivity index (χ2n) is 7.05. The van der Waals surface area contributed by atoms with Crippen LogP contribution in [0, 0.1) is 5.82 Å². The molecule has 1 saturated heterocycles. The molecule has 0 bridgehead atoms. The van der Waals surface area contributed by atoms with Gasteiger partial charge in [0.1, 0.15) is 5.82 Å². The molecule has 5 N–H and O–H groups in total. The summed E-state index contributed by atoms with van der Waals surface area (Å²) in [6.07, 6.45) is 2.32. The summed E-state index contributed by atoms with van der Waals surface area (Å²) in [5, 5.41) is 15.5. The molecular formula is C21H25FN4O3. The van der Waals surface area contributed by atoms with Crippen molar-refractivity contribution in [3.8, 4) is 0 Å². The molecule has 1 aliphatic rings. The molecule has 3 rings (SSSR count). The number of halogens is 1. The first-order valence-electron chi connectivity index (χ1n) is 9.61. The molecule has 1 atom stereocenters. The maximum atomic E-state index is 13.0. The quantitative estimate of drug-likeness (QED) is 0.598. The highest BCUT2D eigenvalue weighted by atomic mass is 19.1. The molecule has 0 radical (unpaired) electrons. The fourth-order valence-electron chi connectivity index (χ4n) is 3.36. The van der Waals surface area contributed by atoms with Gasteiger partial charge in [0.05, 0.1) is 17.5 Å². The Morgan fingerprint density at radius 2 is 1.79 bits per heavy atom. The lowest BCUT2D eigenvalue weighted by Crippen LogP contribution is -2.34. The van der Waals surface area contributed by atoms with Crippen LogP contribution in [0.2, 0.25) is 0 Å². The van der Waals surface area contributed by atoms with Crippen molar-refractivity contribution < 1.29 is 19.1 Å². The van der Waals surface area contributed by atoms with E-state index in [0.29, 0.717) is 16.8 Å². The minimum absolute atomic E-state index is 0.0496. The second kappa shape index (κ2) is 9.38. The monoisotopic (exact) mass is 400 g/mol. The Morgan fingerprint density at radius 3 is 2.45 bits per heavy atom. The minimum atomic E-state index is -0.972. The van der Waals surface area contributed by atoms with Crippen LogP contribution in [-0.4, -0.2) is 36.7 Å². The number of benzene rings is 2. The van der Waals surface area contributed by atoms with Crippen molar-refractivity contribution in [2.45, 2.75) is 25.4 Å². The lowest BCUT2D eigenvalue weighted by Gasteiger charge is -2.30. The maximum absolute atomic E-state index is 13.0. The summed E-state index contributed by atoms with van der Waals surface area (Å²) in [7, 11) is 0. The largest absolute Gasteiger partial charge is 0.387 e. The molecule has 1 aliphatic heterocycles. The summed E-state index contributed by atoms with van der Waals surface area (Å²) in [5.74, 6) is -0.975. The van der Waals surface area contributed by atoms with Crippen molar-refractivity contribution in [3.63, 3.8) is 0 Å². The molecule has 1 fully saturated rings.